The normalized spacial score (nSPS) is 11.3. The highest BCUT2D eigenvalue weighted by atomic mass is 127. The summed E-state index contributed by atoms with van der Waals surface area (Å²) in [4.78, 5) is 17.4. The second-order valence-corrected chi connectivity index (χ2v) is 11.7. The molecule has 11 nitrogen and oxygen atoms in total. The van der Waals surface area contributed by atoms with Crippen LogP contribution in [0.15, 0.2) is 71.9 Å². The van der Waals surface area contributed by atoms with Crippen LogP contribution in [-0.4, -0.2) is 55.3 Å². The quantitative estimate of drug-likeness (QED) is 0.149. The van der Waals surface area contributed by atoms with Gasteiger partial charge in [0, 0.05) is 22.6 Å². The van der Waals surface area contributed by atoms with E-state index in [1.165, 1.54) is 31.6 Å². The molecule has 0 aliphatic rings. The van der Waals surface area contributed by atoms with Gasteiger partial charge in [-0.15, -0.1) is 0 Å². The minimum Gasteiger partial charge on any atom is -0.493 e. The fourth-order valence-corrected chi connectivity index (χ4v) is 4.70. The van der Waals surface area contributed by atoms with Crippen molar-refractivity contribution in [2.24, 2.45) is 5.92 Å². The summed E-state index contributed by atoms with van der Waals surface area (Å²) in [6.07, 6.45) is 3.06. The molecule has 0 amide bonds. The molecule has 0 aliphatic carbocycles. The third kappa shape index (κ3) is 7.76. The van der Waals surface area contributed by atoms with Gasteiger partial charge in [0.1, 0.15) is 6.61 Å². The van der Waals surface area contributed by atoms with Gasteiger partial charge < -0.3 is 18.9 Å². The standard InChI is InChI=1S/C27H28IN5O6S/c1-18(2)17-37-15-16-38-27-23(39-22-8-5-4-7-21(22)36-3)24(31-26(32-27)25-29-13-6-14-30-25)33-40(34,35)20-11-9-19(28)10-12-20/h4-14,18H,15-17H2,1-3H3,(H,31,32,33). The molecule has 4 rings (SSSR count). The molecule has 0 unspecified atom stereocenters. The lowest BCUT2D eigenvalue weighted by Gasteiger charge is -2.18. The highest BCUT2D eigenvalue weighted by Crippen LogP contribution is 2.41. The highest BCUT2D eigenvalue weighted by Gasteiger charge is 2.26. The molecule has 1 N–H and O–H groups in total. The Morgan fingerprint density at radius 1 is 0.900 bits per heavy atom. The van der Waals surface area contributed by atoms with Crippen LogP contribution in [-0.2, 0) is 14.8 Å². The summed E-state index contributed by atoms with van der Waals surface area (Å²) in [7, 11) is -2.59. The molecule has 0 fully saturated rings. The first-order chi connectivity index (χ1) is 19.3. The number of methoxy groups -OCH3 is 1. The topological polar surface area (TPSA) is 135 Å². The smallest absolute Gasteiger partial charge is 0.263 e. The third-order valence-corrected chi connectivity index (χ3v) is 7.23. The van der Waals surface area contributed by atoms with E-state index in [2.05, 4.69) is 47.2 Å². The lowest BCUT2D eigenvalue weighted by molar-refractivity contribution is 0.0799. The van der Waals surface area contributed by atoms with Gasteiger partial charge in [-0.1, -0.05) is 26.0 Å². The van der Waals surface area contributed by atoms with Crippen LogP contribution in [0.5, 0.6) is 23.1 Å². The summed E-state index contributed by atoms with van der Waals surface area (Å²) >= 11 is 2.10. The fourth-order valence-electron chi connectivity index (χ4n) is 3.33. The molecule has 2 aromatic carbocycles. The summed E-state index contributed by atoms with van der Waals surface area (Å²) in [5.41, 5.74) is 0. The first kappa shape index (κ1) is 29.4. The van der Waals surface area contributed by atoms with Gasteiger partial charge in [-0.2, -0.15) is 4.98 Å². The Labute approximate surface area is 246 Å². The Kier molecular flexibility index (Phi) is 10.1. The maximum absolute atomic E-state index is 13.4. The number of aromatic nitrogens is 4. The van der Waals surface area contributed by atoms with E-state index in [1.807, 2.05) is 13.8 Å². The van der Waals surface area contributed by atoms with E-state index < -0.39 is 10.0 Å². The van der Waals surface area contributed by atoms with Crippen LogP contribution < -0.4 is 18.9 Å². The molecule has 2 heterocycles. The predicted molar refractivity (Wildman–Crippen MR) is 157 cm³/mol. The number of para-hydroxylation sites is 2. The van der Waals surface area contributed by atoms with Gasteiger partial charge in [-0.05, 0) is 71.0 Å². The third-order valence-electron chi connectivity index (χ3n) is 5.15. The van der Waals surface area contributed by atoms with Gasteiger partial charge >= 0.3 is 0 Å². The van der Waals surface area contributed by atoms with E-state index in [4.69, 9.17) is 18.9 Å². The average Bonchev–Trinajstić information content (AvgIpc) is 2.94. The Morgan fingerprint density at radius 2 is 1.60 bits per heavy atom. The summed E-state index contributed by atoms with van der Waals surface area (Å²) in [5.74, 6) is 1.00. The molecule has 0 atom stereocenters. The summed E-state index contributed by atoms with van der Waals surface area (Å²) in [5, 5.41) is 0. The van der Waals surface area contributed by atoms with Crippen LogP contribution in [0.2, 0.25) is 0 Å². The molecule has 0 bridgehead atoms. The molecular formula is C27H28IN5O6S. The number of benzene rings is 2. The van der Waals surface area contributed by atoms with Crippen LogP contribution >= 0.6 is 22.6 Å². The number of rotatable bonds is 13. The number of nitrogens with zero attached hydrogens (tertiary/aromatic N) is 4. The van der Waals surface area contributed by atoms with Crippen molar-refractivity contribution >= 4 is 38.4 Å². The number of ether oxygens (including phenoxy) is 4. The van der Waals surface area contributed by atoms with Gasteiger partial charge in [-0.25, -0.2) is 23.4 Å². The van der Waals surface area contributed by atoms with E-state index >= 15 is 0 Å². The van der Waals surface area contributed by atoms with Crippen LogP contribution in [0.1, 0.15) is 13.8 Å². The Bertz CT molecular complexity index is 1520. The van der Waals surface area contributed by atoms with Crippen molar-refractivity contribution in [1.82, 2.24) is 19.9 Å². The van der Waals surface area contributed by atoms with Crippen molar-refractivity contribution in [2.75, 3.05) is 31.7 Å². The number of anilines is 1. The van der Waals surface area contributed by atoms with E-state index in [0.29, 0.717) is 24.0 Å². The van der Waals surface area contributed by atoms with Crippen molar-refractivity contribution in [3.05, 3.63) is 70.6 Å². The highest BCUT2D eigenvalue weighted by molar-refractivity contribution is 14.1. The number of sulfonamides is 1. The predicted octanol–water partition coefficient (Wildman–Crippen LogP) is 5.19. The van der Waals surface area contributed by atoms with Crippen molar-refractivity contribution in [3.63, 3.8) is 0 Å². The molecule has 0 radical (unpaired) electrons. The van der Waals surface area contributed by atoms with Crippen LogP contribution in [0, 0.1) is 9.49 Å². The van der Waals surface area contributed by atoms with E-state index in [-0.39, 0.29) is 47.2 Å². The largest absolute Gasteiger partial charge is 0.493 e. The number of halogens is 1. The maximum Gasteiger partial charge on any atom is 0.263 e. The fraction of sp³-hybridized carbons (Fsp3) is 0.259. The first-order valence-electron chi connectivity index (χ1n) is 12.3. The molecule has 210 valence electrons. The summed E-state index contributed by atoms with van der Waals surface area (Å²) in [6.45, 7) is 5.04. The lowest BCUT2D eigenvalue weighted by atomic mass is 10.2. The molecule has 4 aromatic rings. The zero-order chi connectivity index (χ0) is 28.5. The van der Waals surface area contributed by atoms with Crippen molar-refractivity contribution in [1.29, 1.82) is 0 Å². The maximum atomic E-state index is 13.4. The molecule has 0 aliphatic heterocycles. The number of hydrogen-bond acceptors (Lipinski definition) is 10. The zero-order valence-corrected chi connectivity index (χ0v) is 25.0. The lowest BCUT2D eigenvalue weighted by Crippen LogP contribution is -2.17. The monoisotopic (exact) mass is 677 g/mol. The average molecular weight is 678 g/mol. The van der Waals surface area contributed by atoms with Crippen LogP contribution in [0.25, 0.3) is 11.6 Å². The van der Waals surface area contributed by atoms with Gasteiger partial charge in [0.2, 0.25) is 11.6 Å². The van der Waals surface area contributed by atoms with Crippen LogP contribution in [0.3, 0.4) is 0 Å². The van der Waals surface area contributed by atoms with Crippen molar-refractivity contribution in [3.8, 4) is 34.8 Å². The van der Waals surface area contributed by atoms with E-state index in [1.54, 1.807) is 42.5 Å². The van der Waals surface area contributed by atoms with E-state index in [0.717, 1.165) is 3.57 Å². The van der Waals surface area contributed by atoms with E-state index in [9.17, 15) is 8.42 Å². The second-order valence-electron chi connectivity index (χ2n) is 8.73. The Morgan fingerprint density at radius 3 is 2.27 bits per heavy atom. The van der Waals surface area contributed by atoms with Gasteiger partial charge in [0.25, 0.3) is 15.9 Å². The van der Waals surface area contributed by atoms with Crippen molar-refractivity contribution in [2.45, 2.75) is 18.7 Å². The summed E-state index contributed by atoms with van der Waals surface area (Å²) < 4.78 is 53.4. The molecule has 2 aromatic heterocycles. The molecule has 0 saturated carbocycles. The van der Waals surface area contributed by atoms with Gasteiger partial charge in [0.05, 0.1) is 18.6 Å². The minimum atomic E-state index is -4.09. The van der Waals surface area contributed by atoms with Crippen molar-refractivity contribution < 1.29 is 27.4 Å². The summed E-state index contributed by atoms with van der Waals surface area (Å²) in [6, 6.07) is 14.9. The number of nitrogens with one attached hydrogen (secondary N) is 1. The molecule has 0 saturated heterocycles. The SMILES string of the molecule is COc1ccccc1Oc1c(NS(=O)(=O)c2ccc(I)cc2)nc(-c2ncccn2)nc1OCCOCC(C)C. The Balaban J connectivity index is 1.81. The van der Waals surface area contributed by atoms with Gasteiger partial charge in [0.15, 0.2) is 23.1 Å². The molecular weight excluding hydrogens is 649 g/mol. The minimum absolute atomic E-state index is 0.0307. The second kappa shape index (κ2) is 13.7. The first-order valence-corrected chi connectivity index (χ1v) is 14.8. The zero-order valence-electron chi connectivity index (χ0n) is 22.1. The molecule has 0 spiro atoms. The number of hydrogen-bond donors (Lipinski definition) is 1. The Hall–Kier alpha value is -3.56. The van der Waals surface area contributed by atoms with Crippen LogP contribution in [0.4, 0.5) is 5.82 Å². The molecule has 40 heavy (non-hydrogen) atoms. The molecule has 13 heteroatoms. The van der Waals surface area contributed by atoms with Gasteiger partial charge in [-0.3, -0.25) is 4.72 Å².